The van der Waals surface area contributed by atoms with Gasteiger partial charge in [-0.2, -0.15) is 0 Å². The number of urea groups is 1. The lowest BCUT2D eigenvalue weighted by Crippen LogP contribution is -2.53. The molecule has 7 nitrogen and oxygen atoms in total. The Morgan fingerprint density at radius 3 is 2.60 bits per heavy atom. The van der Waals surface area contributed by atoms with Crippen molar-refractivity contribution in [3.8, 4) is 0 Å². The van der Waals surface area contributed by atoms with Crippen LogP contribution in [0.4, 0.5) is 9.59 Å². The van der Waals surface area contributed by atoms with Crippen LogP contribution < -0.4 is 16.4 Å². The Morgan fingerprint density at radius 2 is 2.20 bits per heavy atom. The molecule has 1 aliphatic carbocycles. The average Bonchev–Trinajstić information content (AvgIpc) is 2.91. The summed E-state index contributed by atoms with van der Waals surface area (Å²) in [6.45, 7) is -0.204. The quantitative estimate of drug-likeness (QED) is 0.526. The van der Waals surface area contributed by atoms with Crippen molar-refractivity contribution in [2.24, 2.45) is 11.7 Å². The van der Waals surface area contributed by atoms with Crippen molar-refractivity contribution in [2.75, 3.05) is 6.61 Å². The smallest absolute Gasteiger partial charge is 0.404 e. The largest absolute Gasteiger partial charge is 0.447 e. The maximum absolute atomic E-state index is 11.6. The van der Waals surface area contributed by atoms with E-state index in [9.17, 15) is 14.4 Å². The highest BCUT2D eigenvalue weighted by molar-refractivity contribution is 6.07. The molecule has 0 radical (unpaired) electrons. The van der Waals surface area contributed by atoms with Gasteiger partial charge in [0.1, 0.15) is 6.61 Å². The molecular weight excluding hydrogens is 202 g/mol. The lowest BCUT2D eigenvalue weighted by atomic mass is 9.95. The Morgan fingerprint density at radius 1 is 1.53 bits per heavy atom. The average molecular weight is 213 g/mol. The molecule has 0 unspecified atom stereocenters. The van der Waals surface area contributed by atoms with Crippen LogP contribution in [-0.2, 0) is 9.53 Å². The zero-order chi connectivity index (χ0) is 11.1. The Hall–Kier alpha value is -1.79. The topological polar surface area (TPSA) is 111 Å². The van der Waals surface area contributed by atoms with Gasteiger partial charge in [-0.15, -0.1) is 0 Å². The summed E-state index contributed by atoms with van der Waals surface area (Å²) in [6.07, 6.45) is 0.704. The second kappa shape index (κ2) is 3.11. The van der Waals surface area contributed by atoms with Crippen molar-refractivity contribution < 1.29 is 19.1 Å². The van der Waals surface area contributed by atoms with E-state index in [0.29, 0.717) is 0 Å². The Labute approximate surface area is 85.3 Å². The van der Waals surface area contributed by atoms with E-state index in [1.165, 1.54) is 0 Å². The molecule has 1 saturated carbocycles. The van der Waals surface area contributed by atoms with Crippen LogP contribution in [0.25, 0.3) is 0 Å². The molecule has 0 aromatic carbocycles. The SMILES string of the molecule is NC(=O)OC[C@@]1(C2CC2)NC(=O)NC1=O. The molecule has 15 heavy (non-hydrogen) atoms. The number of ether oxygens (including phenoxy) is 1. The Balaban J connectivity index is 2.13. The summed E-state index contributed by atoms with van der Waals surface area (Å²) in [4.78, 5) is 33.1. The van der Waals surface area contributed by atoms with E-state index in [0.717, 1.165) is 12.8 Å². The number of nitrogens with two attached hydrogens (primary N) is 1. The van der Waals surface area contributed by atoms with Crippen LogP contribution in [0, 0.1) is 5.92 Å². The molecule has 4 N–H and O–H groups in total. The van der Waals surface area contributed by atoms with Gasteiger partial charge in [-0.3, -0.25) is 10.1 Å². The van der Waals surface area contributed by atoms with Gasteiger partial charge < -0.3 is 15.8 Å². The van der Waals surface area contributed by atoms with Crippen molar-refractivity contribution in [1.82, 2.24) is 10.6 Å². The normalized spacial score (nSPS) is 29.6. The van der Waals surface area contributed by atoms with Crippen molar-refractivity contribution in [2.45, 2.75) is 18.4 Å². The molecular formula is C8H11N3O4. The van der Waals surface area contributed by atoms with Gasteiger partial charge in [0.25, 0.3) is 5.91 Å². The van der Waals surface area contributed by atoms with Crippen molar-refractivity contribution >= 4 is 18.0 Å². The molecule has 82 valence electrons. The second-order valence-corrected chi connectivity index (χ2v) is 3.76. The maximum Gasteiger partial charge on any atom is 0.404 e. The molecule has 1 saturated heterocycles. The summed E-state index contributed by atoms with van der Waals surface area (Å²) in [5.74, 6) is -0.417. The van der Waals surface area contributed by atoms with Crippen molar-refractivity contribution in [1.29, 1.82) is 0 Å². The van der Waals surface area contributed by atoms with Crippen molar-refractivity contribution in [3.05, 3.63) is 0 Å². The highest BCUT2D eigenvalue weighted by Gasteiger charge is 2.56. The van der Waals surface area contributed by atoms with Gasteiger partial charge in [-0.25, -0.2) is 9.59 Å². The molecule has 0 aromatic rings. The van der Waals surface area contributed by atoms with Crippen LogP contribution in [0.5, 0.6) is 0 Å². The first-order chi connectivity index (χ1) is 7.04. The molecule has 0 aromatic heterocycles. The predicted molar refractivity (Wildman–Crippen MR) is 47.7 cm³/mol. The Kier molecular flexibility index (Phi) is 2.02. The predicted octanol–water partition coefficient (Wildman–Crippen LogP) is -0.930. The molecule has 2 rings (SSSR count). The fraction of sp³-hybridized carbons (Fsp3) is 0.625. The number of amides is 4. The summed E-state index contributed by atoms with van der Waals surface area (Å²) in [5, 5.41) is 4.63. The third kappa shape index (κ3) is 1.60. The minimum Gasteiger partial charge on any atom is -0.447 e. The minimum atomic E-state index is -1.11. The lowest BCUT2D eigenvalue weighted by Gasteiger charge is -2.24. The molecule has 2 fully saturated rings. The summed E-state index contributed by atoms with van der Waals surface area (Å²) >= 11 is 0. The van der Waals surface area contributed by atoms with E-state index in [1.54, 1.807) is 0 Å². The van der Waals surface area contributed by atoms with E-state index in [2.05, 4.69) is 15.4 Å². The third-order valence-electron chi connectivity index (χ3n) is 2.69. The first kappa shape index (κ1) is 9.75. The first-order valence-electron chi connectivity index (χ1n) is 4.60. The van der Waals surface area contributed by atoms with Crippen LogP contribution in [-0.4, -0.2) is 30.2 Å². The first-order valence-corrected chi connectivity index (χ1v) is 4.60. The van der Waals surface area contributed by atoms with Gasteiger partial charge in [0.05, 0.1) is 0 Å². The zero-order valence-electron chi connectivity index (χ0n) is 7.91. The van der Waals surface area contributed by atoms with Crippen LogP contribution >= 0.6 is 0 Å². The number of carbonyl (C=O) groups excluding carboxylic acids is 3. The number of hydrogen-bond donors (Lipinski definition) is 3. The zero-order valence-corrected chi connectivity index (χ0v) is 7.91. The van der Waals surface area contributed by atoms with Crippen molar-refractivity contribution in [3.63, 3.8) is 0 Å². The molecule has 1 aliphatic heterocycles. The van der Waals surface area contributed by atoms with E-state index in [-0.39, 0.29) is 12.5 Å². The molecule has 1 heterocycles. The number of imide groups is 1. The fourth-order valence-electron chi connectivity index (χ4n) is 1.77. The van der Waals surface area contributed by atoms with Gasteiger partial charge in [0.2, 0.25) is 0 Å². The molecule has 0 bridgehead atoms. The number of hydrogen-bond acceptors (Lipinski definition) is 4. The molecule has 1 atom stereocenters. The molecule has 0 spiro atoms. The molecule has 7 heteroatoms. The van der Waals surface area contributed by atoms with Gasteiger partial charge in [0.15, 0.2) is 5.54 Å². The highest BCUT2D eigenvalue weighted by atomic mass is 16.5. The number of primary amides is 1. The third-order valence-corrected chi connectivity index (χ3v) is 2.69. The summed E-state index contributed by atoms with van der Waals surface area (Å²) in [7, 11) is 0. The maximum atomic E-state index is 11.6. The van der Waals surface area contributed by atoms with Crippen LogP contribution in [0.3, 0.4) is 0 Å². The summed E-state index contributed by atoms with van der Waals surface area (Å²) in [6, 6.07) is -0.556. The van der Waals surface area contributed by atoms with Crippen LogP contribution in [0.1, 0.15) is 12.8 Å². The second-order valence-electron chi connectivity index (χ2n) is 3.76. The van der Waals surface area contributed by atoms with Gasteiger partial charge in [0, 0.05) is 0 Å². The summed E-state index contributed by atoms with van der Waals surface area (Å²) in [5.41, 5.74) is 3.72. The van der Waals surface area contributed by atoms with E-state index in [1.807, 2.05) is 0 Å². The minimum absolute atomic E-state index is 0.0308. The standard InChI is InChI=1S/C8H11N3O4/c9-6(13)15-3-8(4-1-2-4)5(12)10-7(14)11-8/h4H,1-3H2,(H2,9,13)(H2,10,11,12,14)/t8-/m0/s1. The van der Waals surface area contributed by atoms with Gasteiger partial charge in [-0.05, 0) is 18.8 Å². The van der Waals surface area contributed by atoms with Crippen LogP contribution in [0.15, 0.2) is 0 Å². The molecule has 2 aliphatic rings. The van der Waals surface area contributed by atoms with E-state index >= 15 is 0 Å². The molecule has 4 amide bonds. The fourth-order valence-corrected chi connectivity index (χ4v) is 1.77. The number of nitrogens with one attached hydrogen (secondary N) is 2. The Bertz CT molecular complexity index is 339. The van der Waals surface area contributed by atoms with Crippen LogP contribution in [0.2, 0.25) is 0 Å². The number of rotatable bonds is 3. The monoisotopic (exact) mass is 213 g/mol. The van der Waals surface area contributed by atoms with Gasteiger partial charge >= 0.3 is 12.1 Å². The summed E-state index contributed by atoms with van der Waals surface area (Å²) < 4.78 is 4.61. The lowest BCUT2D eigenvalue weighted by molar-refractivity contribution is -0.126. The highest BCUT2D eigenvalue weighted by Crippen LogP contribution is 2.41. The number of carbonyl (C=O) groups is 3. The van der Waals surface area contributed by atoms with E-state index in [4.69, 9.17) is 5.73 Å². The van der Waals surface area contributed by atoms with Gasteiger partial charge in [-0.1, -0.05) is 0 Å². The van der Waals surface area contributed by atoms with E-state index < -0.39 is 23.6 Å².